The summed E-state index contributed by atoms with van der Waals surface area (Å²) in [7, 11) is 4.72. The molecule has 1 fully saturated rings. The van der Waals surface area contributed by atoms with Crippen LogP contribution in [0.25, 0.3) is 0 Å². The minimum Gasteiger partial charge on any atom is -0.398 e. The number of carbonyl (C=O) groups excluding carboxylic acids is 2. The van der Waals surface area contributed by atoms with Crippen molar-refractivity contribution >= 4 is 29.4 Å². The number of nitrogen functional groups attached to an aromatic ring is 1. The molecule has 0 radical (unpaired) electrons. The summed E-state index contributed by atoms with van der Waals surface area (Å²) in [5, 5.41) is 0.401. The van der Waals surface area contributed by atoms with Crippen LogP contribution in [0, 0.1) is 0 Å². The van der Waals surface area contributed by atoms with Gasteiger partial charge in [-0.3, -0.25) is 0 Å². The average Bonchev–Trinajstić information content (AvgIpc) is 2.38. The Hall–Kier alpha value is -1.95. The minimum absolute atomic E-state index is 0.360. The molecule has 7 heteroatoms. The Labute approximate surface area is 116 Å². The monoisotopic (exact) mass is 282 g/mol. The fourth-order valence-electron chi connectivity index (χ4n) is 2.18. The molecule has 0 saturated carbocycles. The molecular weight excluding hydrogens is 268 g/mol. The predicted molar refractivity (Wildman–Crippen MR) is 72.7 cm³/mol. The lowest BCUT2D eigenvalue weighted by Crippen LogP contribution is -2.58. The van der Waals surface area contributed by atoms with Crippen LogP contribution in [0.5, 0.6) is 0 Å². The van der Waals surface area contributed by atoms with Crippen molar-refractivity contribution in [1.82, 2.24) is 14.7 Å². The molecule has 1 aromatic rings. The van der Waals surface area contributed by atoms with Gasteiger partial charge in [0.05, 0.1) is 10.7 Å². The third kappa shape index (κ3) is 2.08. The SMILES string of the molecule is CN1C(=O)N(C)C(c2ccc(N)c(Cl)c2)N(C)C1=O. The Morgan fingerprint density at radius 2 is 1.63 bits per heavy atom. The lowest BCUT2D eigenvalue weighted by Gasteiger charge is -2.43. The second-order valence-electron chi connectivity index (χ2n) is 4.50. The second-order valence-corrected chi connectivity index (χ2v) is 4.91. The highest BCUT2D eigenvalue weighted by Crippen LogP contribution is 2.31. The molecule has 0 aliphatic carbocycles. The Morgan fingerprint density at radius 1 is 1.11 bits per heavy atom. The fourth-order valence-corrected chi connectivity index (χ4v) is 2.36. The number of urea groups is 2. The zero-order valence-corrected chi connectivity index (χ0v) is 11.7. The summed E-state index contributed by atoms with van der Waals surface area (Å²) in [5.41, 5.74) is 6.86. The summed E-state index contributed by atoms with van der Waals surface area (Å²) in [6.45, 7) is 0. The average molecular weight is 283 g/mol. The standard InChI is InChI=1S/C12H15ClN4O2/c1-15-10(7-4-5-9(14)8(13)6-7)16(2)12(19)17(3)11(15)18/h4-6,10H,14H2,1-3H3. The van der Waals surface area contributed by atoms with E-state index >= 15 is 0 Å². The Bertz CT molecular complexity index is 527. The molecule has 1 aromatic carbocycles. The summed E-state index contributed by atoms with van der Waals surface area (Å²) in [6, 6.07) is 4.36. The van der Waals surface area contributed by atoms with E-state index in [1.165, 1.54) is 16.8 Å². The van der Waals surface area contributed by atoms with Gasteiger partial charge in [-0.15, -0.1) is 0 Å². The first-order valence-corrected chi connectivity index (χ1v) is 6.04. The molecule has 6 nitrogen and oxygen atoms in total. The largest absolute Gasteiger partial charge is 0.398 e. The van der Waals surface area contributed by atoms with Crippen LogP contribution in [0.4, 0.5) is 15.3 Å². The van der Waals surface area contributed by atoms with Crippen molar-refractivity contribution in [2.75, 3.05) is 26.9 Å². The molecule has 0 spiro atoms. The number of carbonyl (C=O) groups is 2. The highest BCUT2D eigenvalue weighted by atomic mass is 35.5. The predicted octanol–water partition coefficient (Wildman–Crippen LogP) is 1.97. The molecular formula is C12H15ClN4O2. The van der Waals surface area contributed by atoms with E-state index in [0.717, 1.165) is 10.5 Å². The lowest BCUT2D eigenvalue weighted by molar-refractivity contribution is 0.0603. The lowest BCUT2D eigenvalue weighted by atomic mass is 10.1. The summed E-state index contributed by atoms with van der Waals surface area (Å²) < 4.78 is 0. The quantitative estimate of drug-likeness (QED) is 0.801. The molecule has 1 aliphatic heterocycles. The molecule has 4 amide bonds. The molecule has 0 atom stereocenters. The number of halogens is 1. The molecule has 0 aromatic heterocycles. The zero-order chi connectivity index (χ0) is 14.3. The number of nitrogens with zero attached hydrogens (tertiary/aromatic N) is 3. The molecule has 1 heterocycles. The van der Waals surface area contributed by atoms with Crippen molar-refractivity contribution in [3.63, 3.8) is 0 Å². The van der Waals surface area contributed by atoms with Crippen LogP contribution < -0.4 is 5.73 Å². The number of hydrogen-bond donors (Lipinski definition) is 1. The van der Waals surface area contributed by atoms with E-state index in [0.29, 0.717) is 10.7 Å². The number of hydrogen-bond acceptors (Lipinski definition) is 3. The molecule has 2 rings (SSSR count). The number of anilines is 1. The van der Waals surface area contributed by atoms with Gasteiger partial charge in [-0.05, 0) is 17.7 Å². The van der Waals surface area contributed by atoms with E-state index in [9.17, 15) is 9.59 Å². The topological polar surface area (TPSA) is 69.9 Å². The minimum atomic E-state index is -0.491. The molecule has 1 aliphatic rings. The molecule has 19 heavy (non-hydrogen) atoms. The van der Waals surface area contributed by atoms with Crippen molar-refractivity contribution < 1.29 is 9.59 Å². The Morgan fingerprint density at radius 3 is 2.11 bits per heavy atom. The maximum Gasteiger partial charge on any atom is 0.329 e. The molecule has 2 N–H and O–H groups in total. The molecule has 102 valence electrons. The first-order valence-electron chi connectivity index (χ1n) is 5.67. The van der Waals surface area contributed by atoms with Gasteiger partial charge in [-0.25, -0.2) is 14.5 Å². The van der Waals surface area contributed by atoms with Crippen LogP contribution in [0.2, 0.25) is 5.02 Å². The van der Waals surface area contributed by atoms with Crippen molar-refractivity contribution in [2.45, 2.75) is 6.17 Å². The van der Waals surface area contributed by atoms with Gasteiger partial charge in [-0.2, -0.15) is 0 Å². The van der Waals surface area contributed by atoms with Gasteiger partial charge in [0.1, 0.15) is 6.17 Å². The van der Waals surface area contributed by atoms with Gasteiger partial charge in [0.2, 0.25) is 0 Å². The highest BCUT2D eigenvalue weighted by Gasteiger charge is 2.39. The molecule has 0 unspecified atom stereocenters. The third-order valence-electron chi connectivity index (χ3n) is 3.23. The smallest absolute Gasteiger partial charge is 0.329 e. The van der Waals surface area contributed by atoms with Crippen molar-refractivity contribution in [3.05, 3.63) is 28.8 Å². The number of rotatable bonds is 1. The summed E-state index contributed by atoms with van der Waals surface area (Å²) >= 11 is 5.99. The number of benzene rings is 1. The van der Waals surface area contributed by atoms with E-state index < -0.39 is 6.17 Å². The van der Waals surface area contributed by atoms with Crippen LogP contribution in [-0.4, -0.2) is 47.9 Å². The molecule has 0 bridgehead atoms. The van der Waals surface area contributed by atoms with Crippen molar-refractivity contribution in [2.24, 2.45) is 0 Å². The van der Waals surface area contributed by atoms with Gasteiger partial charge in [0, 0.05) is 21.1 Å². The fraction of sp³-hybridized carbons (Fsp3) is 0.333. The Balaban J connectivity index is 2.44. The number of amides is 4. The van der Waals surface area contributed by atoms with Gasteiger partial charge < -0.3 is 15.5 Å². The second kappa shape index (κ2) is 4.62. The maximum absolute atomic E-state index is 12.0. The van der Waals surface area contributed by atoms with Crippen molar-refractivity contribution in [3.8, 4) is 0 Å². The number of nitrogens with two attached hydrogens (primary N) is 1. The van der Waals surface area contributed by atoms with Crippen LogP contribution in [0.15, 0.2) is 18.2 Å². The van der Waals surface area contributed by atoms with Gasteiger partial charge >= 0.3 is 12.1 Å². The first kappa shape index (κ1) is 13.5. The maximum atomic E-state index is 12.0. The van der Waals surface area contributed by atoms with Crippen molar-refractivity contribution in [1.29, 1.82) is 0 Å². The summed E-state index contributed by atoms with van der Waals surface area (Å²) in [5.74, 6) is 0. The highest BCUT2D eigenvalue weighted by molar-refractivity contribution is 6.33. The van der Waals surface area contributed by atoms with Crippen LogP contribution in [-0.2, 0) is 0 Å². The van der Waals surface area contributed by atoms with E-state index in [-0.39, 0.29) is 12.1 Å². The van der Waals surface area contributed by atoms with Crippen LogP contribution >= 0.6 is 11.6 Å². The van der Waals surface area contributed by atoms with E-state index in [4.69, 9.17) is 17.3 Å². The third-order valence-corrected chi connectivity index (χ3v) is 3.56. The van der Waals surface area contributed by atoms with Gasteiger partial charge in [0.15, 0.2) is 0 Å². The van der Waals surface area contributed by atoms with E-state index in [1.807, 2.05) is 0 Å². The molecule has 1 saturated heterocycles. The normalized spacial score (nSPS) is 17.4. The number of imide groups is 1. The zero-order valence-electron chi connectivity index (χ0n) is 10.9. The summed E-state index contributed by atoms with van der Waals surface area (Å²) in [6.07, 6.45) is -0.491. The van der Waals surface area contributed by atoms with Crippen LogP contribution in [0.3, 0.4) is 0 Å². The van der Waals surface area contributed by atoms with Gasteiger partial charge in [0.25, 0.3) is 0 Å². The summed E-state index contributed by atoms with van der Waals surface area (Å²) in [4.78, 5) is 27.9. The van der Waals surface area contributed by atoms with Gasteiger partial charge in [-0.1, -0.05) is 17.7 Å². The first-order chi connectivity index (χ1) is 8.84. The Kier molecular flexibility index (Phi) is 3.28. The van der Waals surface area contributed by atoms with E-state index in [1.54, 1.807) is 32.3 Å². The van der Waals surface area contributed by atoms with Crippen LogP contribution in [0.1, 0.15) is 11.7 Å². The van der Waals surface area contributed by atoms with E-state index in [2.05, 4.69) is 0 Å².